The average molecular weight is 224 g/mol. The summed E-state index contributed by atoms with van der Waals surface area (Å²) in [4.78, 5) is 8.22. The molecular weight excluding hydrogens is 212 g/mol. The third-order valence-electron chi connectivity index (χ3n) is 2.37. The summed E-state index contributed by atoms with van der Waals surface area (Å²) in [5, 5.41) is 12.1. The Kier molecular flexibility index (Phi) is 3.31. The van der Waals surface area contributed by atoms with E-state index < -0.39 is 0 Å². The van der Waals surface area contributed by atoms with Gasteiger partial charge in [0.2, 0.25) is 0 Å². The third-order valence-corrected chi connectivity index (χ3v) is 2.37. The first-order chi connectivity index (χ1) is 8.35. The van der Waals surface area contributed by atoms with Crippen LogP contribution >= 0.6 is 0 Å². The maximum atomic E-state index is 9.07. The van der Waals surface area contributed by atoms with Crippen LogP contribution < -0.4 is 5.32 Å². The van der Waals surface area contributed by atoms with E-state index in [1.807, 2.05) is 25.1 Å². The van der Waals surface area contributed by atoms with Gasteiger partial charge in [-0.25, -0.2) is 4.98 Å². The Labute approximate surface area is 100.0 Å². The highest BCUT2D eigenvalue weighted by Gasteiger charge is 2.05. The topological polar surface area (TPSA) is 61.6 Å². The van der Waals surface area contributed by atoms with Crippen molar-refractivity contribution in [2.75, 3.05) is 11.9 Å². The molecule has 0 fully saturated rings. The molecule has 0 radical (unpaired) electrons. The molecule has 0 saturated heterocycles. The monoisotopic (exact) mass is 224 g/mol. The maximum Gasteiger partial charge on any atom is 0.143 e. The molecule has 0 aliphatic heterocycles. The van der Waals surface area contributed by atoms with Crippen molar-refractivity contribution in [1.29, 1.82) is 5.26 Å². The quantitative estimate of drug-likeness (QED) is 0.869. The SMILES string of the molecule is CCNc1ncc(-c2ccncc2)cc1C#N. The number of hydrogen-bond donors (Lipinski definition) is 1. The zero-order valence-electron chi connectivity index (χ0n) is 9.51. The van der Waals surface area contributed by atoms with Crippen molar-refractivity contribution in [2.24, 2.45) is 0 Å². The summed E-state index contributed by atoms with van der Waals surface area (Å²) in [6.07, 6.45) is 5.20. The zero-order chi connectivity index (χ0) is 12.1. The molecular formula is C13H12N4. The lowest BCUT2D eigenvalue weighted by Gasteiger charge is -2.06. The first-order valence-corrected chi connectivity index (χ1v) is 5.39. The minimum absolute atomic E-state index is 0.557. The fraction of sp³-hybridized carbons (Fsp3) is 0.154. The summed E-state index contributed by atoms with van der Waals surface area (Å²) < 4.78 is 0. The van der Waals surface area contributed by atoms with Gasteiger partial charge in [0, 0.05) is 30.7 Å². The van der Waals surface area contributed by atoms with Crippen LogP contribution in [0.2, 0.25) is 0 Å². The maximum absolute atomic E-state index is 9.07. The van der Waals surface area contributed by atoms with Crippen LogP contribution in [0.4, 0.5) is 5.82 Å². The summed E-state index contributed by atoms with van der Waals surface area (Å²) >= 11 is 0. The average Bonchev–Trinajstić information content (AvgIpc) is 2.40. The number of nitriles is 1. The number of pyridine rings is 2. The van der Waals surface area contributed by atoms with Crippen LogP contribution in [0.25, 0.3) is 11.1 Å². The van der Waals surface area contributed by atoms with Crippen molar-refractivity contribution in [3.05, 3.63) is 42.4 Å². The van der Waals surface area contributed by atoms with Crippen LogP contribution in [0.3, 0.4) is 0 Å². The van der Waals surface area contributed by atoms with Crippen molar-refractivity contribution < 1.29 is 0 Å². The van der Waals surface area contributed by atoms with Crippen LogP contribution in [0, 0.1) is 11.3 Å². The summed E-state index contributed by atoms with van der Waals surface area (Å²) in [6.45, 7) is 2.72. The predicted octanol–water partition coefficient (Wildman–Crippen LogP) is 2.45. The van der Waals surface area contributed by atoms with Crippen LogP contribution in [0.1, 0.15) is 12.5 Å². The van der Waals surface area contributed by atoms with Gasteiger partial charge in [-0.15, -0.1) is 0 Å². The summed E-state index contributed by atoms with van der Waals surface area (Å²) in [6, 6.07) is 7.77. The molecule has 84 valence electrons. The lowest BCUT2D eigenvalue weighted by atomic mass is 10.1. The Balaban J connectivity index is 2.43. The van der Waals surface area contributed by atoms with E-state index in [2.05, 4.69) is 21.4 Å². The van der Waals surface area contributed by atoms with Gasteiger partial charge in [-0.2, -0.15) is 5.26 Å². The van der Waals surface area contributed by atoms with Crippen LogP contribution in [-0.2, 0) is 0 Å². The van der Waals surface area contributed by atoms with E-state index in [1.165, 1.54) is 0 Å². The molecule has 0 unspecified atom stereocenters. The van der Waals surface area contributed by atoms with Gasteiger partial charge in [-0.05, 0) is 30.7 Å². The van der Waals surface area contributed by atoms with E-state index in [1.54, 1.807) is 18.6 Å². The molecule has 0 saturated carbocycles. The Bertz CT molecular complexity index is 543. The van der Waals surface area contributed by atoms with Gasteiger partial charge in [0.15, 0.2) is 0 Å². The molecule has 0 aliphatic rings. The van der Waals surface area contributed by atoms with Gasteiger partial charge in [0.25, 0.3) is 0 Å². The van der Waals surface area contributed by atoms with Crippen LogP contribution in [-0.4, -0.2) is 16.5 Å². The molecule has 0 bridgehead atoms. The third kappa shape index (κ3) is 2.40. The summed E-state index contributed by atoms with van der Waals surface area (Å²) in [5.74, 6) is 0.632. The van der Waals surface area contributed by atoms with E-state index >= 15 is 0 Å². The van der Waals surface area contributed by atoms with Crippen LogP contribution in [0.15, 0.2) is 36.8 Å². The number of rotatable bonds is 3. The molecule has 0 atom stereocenters. The fourth-order valence-corrected chi connectivity index (χ4v) is 1.56. The highest BCUT2D eigenvalue weighted by molar-refractivity contribution is 5.67. The predicted molar refractivity (Wildman–Crippen MR) is 66.3 cm³/mol. The van der Waals surface area contributed by atoms with E-state index in [9.17, 15) is 0 Å². The summed E-state index contributed by atoms with van der Waals surface area (Å²) in [7, 11) is 0. The largest absolute Gasteiger partial charge is 0.369 e. The molecule has 1 N–H and O–H groups in total. The Hall–Kier alpha value is -2.41. The van der Waals surface area contributed by atoms with Gasteiger partial charge < -0.3 is 5.32 Å². The molecule has 4 heteroatoms. The number of aromatic nitrogens is 2. The zero-order valence-corrected chi connectivity index (χ0v) is 9.51. The lowest BCUT2D eigenvalue weighted by Crippen LogP contribution is -2.01. The molecule has 2 aromatic heterocycles. The van der Waals surface area contributed by atoms with E-state index in [-0.39, 0.29) is 0 Å². The molecule has 4 nitrogen and oxygen atoms in total. The highest BCUT2D eigenvalue weighted by Crippen LogP contribution is 2.21. The van der Waals surface area contributed by atoms with E-state index in [0.29, 0.717) is 11.4 Å². The molecule has 0 aliphatic carbocycles. The number of anilines is 1. The van der Waals surface area contributed by atoms with Gasteiger partial charge >= 0.3 is 0 Å². The molecule has 0 spiro atoms. The minimum atomic E-state index is 0.557. The van der Waals surface area contributed by atoms with Crippen LogP contribution in [0.5, 0.6) is 0 Å². The van der Waals surface area contributed by atoms with E-state index in [0.717, 1.165) is 17.7 Å². The Morgan fingerprint density at radius 2 is 2.06 bits per heavy atom. The van der Waals surface area contributed by atoms with Gasteiger partial charge in [-0.1, -0.05) is 0 Å². The van der Waals surface area contributed by atoms with Gasteiger partial charge in [0.1, 0.15) is 11.9 Å². The van der Waals surface area contributed by atoms with Crippen molar-refractivity contribution >= 4 is 5.82 Å². The smallest absolute Gasteiger partial charge is 0.143 e. The second-order valence-corrected chi connectivity index (χ2v) is 3.50. The second-order valence-electron chi connectivity index (χ2n) is 3.50. The van der Waals surface area contributed by atoms with Gasteiger partial charge in [0.05, 0.1) is 5.56 Å². The standard InChI is InChI=1S/C13H12N4/c1-2-16-13-11(8-14)7-12(9-17-13)10-3-5-15-6-4-10/h3-7,9H,2H2,1H3,(H,16,17). The fourth-order valence-electron chi connectivity index (χ4n) is 1.56. The highest BCUT2D eigenvalue weighted by atomic mass is 15.0. The van der Waals surface area contributed by atoms with Gasteiger partial charge in [-0.3, -0.25) is 4.98 Å². The first-order valence-electron chi connectivity index (χ1n) is 5.39. The number of nitrogens with one attached hydrogen (secondary N) is 1. The Morgan fingerprint density at radius 1 is 1.29 bits per heavy atom. The lowest BCUT2D eigenvalue weighted by molar-refractivity contribution is 1.15. The number of nitrogens with zero attached hydrogens (tertiary/aromatic N) is 3. The molecule has 0 amide bonds. The van der Waals surface area contributed by atoms with E-state index in [4.69, 9.17) is 5.26 Å². The minimum Gasteiger partial charge on any atom is -0.369 e. The van der Waals surface area contributed by atoms with Crippen molar-refractivity contribution in [3.63, 3.8) is 0 Å². The van der Waals surface area contributed by atoms with Crippen molar-refractivity contribution in [2.45, 2.75) is 6.92 Å². The summed E-state index contributed by atoms with van der Waals surface area (Å²) in [5.41, 5.74) is 2.49. The number of hydrogen-bond acceptors (Lipinski definition) is 4. The molecule has 17 heavy (non-hydrogen) atoms. The normalized spacial score (nSPS) is 9.65. The Morgan fingerprint density at radius 3 is 2.71 bits per heavy atom. The molecule has 0 aromatic carbocycles. The molecule has 2 rings (SSSR count). The van der Waals surface area contributed by atoms with Crippen molar-refractivity contribution in [3.8, 4) is 17.2 Å². The molecule has 2 heterocycles. The second kappa shape index (κ2) is 5.08. The first kappa shape index (κ1) is 11.1. The van der Waals surface area contributed by atoms with Crippen molar-refractivity contribution in [1.82, 2.24) is 9.97 Å². The molecule has 2 aromatic rings.